The van der Waals surface area contributed by atoms with Crippen LogP contribution in [0, 0.1) is 5.82 Å². The van der Waals surface area contributed by atoms with Gasteiger partial charge in [-0.1, -0.05) is 48.5 Å². The number of hydrogen-bond donors (Lipinski definition) is 1. The van der Waals surface area contributed by atoms with Crippen LogP contribution in [0.4, 0.5) is 9.18 Å². The van der Waals surface area contributed by atoms with Crippen molar-refractivity contribution in [3.8, 4) is 0 Å². The summed E-state index contributed by atoms with van der Waals surface area (Å²) in [5.41, 5.74) is 1.12. The second kappa shape index (κ2) is 10.6. The lowest BCUT2D eigenvalue weighted by Crippen LogP contribution is -2.51. The maximum Gasteiger partial charge on any atom is 0.410 e. The van der Waals surface area contributed by atoms with Gasteiger partial charge in [0.05, 0.1) is 7.11 Å². The Morgan fingerprint density at radius 1 is 1.13 bits per heavy atom. The molecule has 2 amide bonds. The van der Waals surface area contributed by atoms with Crippen LogP contribution in [0.15, 0.2) is 54.6 Å². The fourth-order valence-corrected chi connectivity index (χ4v) is 3.55. The van der Waals surface area contributed by atoms with Crippen molar-refractivity contribution in [2.45, 2.75) is 38.0 Å². The van der Waals surface area contributed by atoms with Crippen LogP contribution < -0.4 is 5.32 Å². The zero-order valence-electron chi connectivity index (χ0n) is 17.3. The second-order valence-corrected chi connectivity index (χ2v) is 7.27. The van der Waals surface area contributed by atoms with Gasteiger partial charge in [0.25, 0.3) is 0 Å². The second-order valence-electron chi connectivity index (χ2n) is 7.27. The Hall–Kier alpha value is -3.42. The maximum atomic E-state index is 14.0. The number of likely N-dealkylation sites (tertiary alicyclic amines) is 1. The molecule has 2 aromatic carbocycles. The number of benzene rings is 2. The lowest BCUT2D eigenvalue weighted by molar-refractivity contribution is -0.145. The minimum absolute atomic E-state index is 0.0593. The molecule has 1 N–H and O–H groups in total. The van der Waals surface area contributed by atoms with E-state index in [2.05, 4.69) is 5.32 Å². The molecule has 0 spiro atoms. The van der Waals surface area contributed by atoms with Crippen LogP contribution in [0.5, 0.6) is 0 Å². The highest BCUT2D eigenvalue weighted by atomic mass is 19.1. The molecule has 0 aliphatic carbocycles. The van der Waals surface area contributed by atoms with E-state index in [1.165, 1.54) is 18.1 Å². The normalized spacial score (nSPS) is 16.5. The first-order chi connectivity index (χ1) is 15.0. The Morgan fingerprint density at radius 3 is 2.55 bits per heavy atom. The first kappa shape index (κ1) is 22.3. The third kappa shape index (κ3) is 5.81. The van der Waals surface area contributed by atoms with E-state index < -0.39 is 35.9 Å². The third-order valence-electron chi connectivity index (χ3n) is 5.18. The molecular formula is C23H25FN2O5. The lowest BCUT2D eigenvalue weighted by Gasteiger charge is -2.25. The number of ether oxygens (including phenoxy) is 2. The number of amides is 2. The van der Waals surface area contributed by atoms with Gasteiger partial charge in [-0.2, -0.15) is 0 Å². The smallest absolute Gasteiger partial charge is 0.410 e. The molecule has 7 nitrogen and oxygen atoms in total. The van der Waals surface area contributed by atoms with Crippen LogP contribution in [-0.2, 0) is 32.1 Å². The highest BCUT2D eigenvalue weighted by molar-refractivity contribution is 5.90. The highest BCUT2D eigenvalue weighted by Gasteiger charge is 2.37. The van der Waals surface area contributed by atoms with Gasteiger partial charge < -0.3 is 14.8 Å². The number of carbonyl (C=O) groups is 3. The van der Waals surface area contributed by atoms with Gasteiger partial charge in [0.1, 0.15) is 24.5 Å². The molecule has 164 valence electrons. The average Bonchev–Trinajstić information content (AvgIpc) is 3.29. The molecule has 1 fully saturated rings. The van der Waals surface area contributed by atoms with E-state index in [-0.39, 0.29) is 18.6 Å². The summed E-state index contributed by atoms with van der Waals surface area (Å²) in [5, 5.41) is 2.61. The lowest BCUT2D eigenvalue weighted by atomic mass is 10.0. The Kier molecular flexibility index (Phi) is 7.59. The molecule has 1 saturated heterocycles. The molecule has 31 heavy (non-hydrogen) atoms. The minimum Gasteiger partial charge on any atom is -0.467 e. The molecular weight excluding hydrogens is 403 g/mol. The topological polar surface area (TPSA) is 84.9 Å². The van der Waals surface area contributed by atoms with Crippen molar-refractivity contribution in [2.75, 3.05) is 13.7 Å². The summed E-state index contributed by atoms with van der Waals surface area (Å²) < 4.78 is 24.1. The van der Waals surface area contributed by atoms with Crippen molar-refractivity contribution in [1.29, 1.82) is 0 Å². The van der Waals surface area contributed by atoms with Crippen LogP contribution in [-0.4, -0.2) is 48.6 Å². The number of hydrogen-bond acceptors (Lipinski definition) is 5. The summed E-state index contributed by atoms with van der Waals surface area (Å²) in [6.07, 6.45) is 0.426. The van der Waals surface area contributed by atoms with Crippen molar-refractivity contribution in [2.24, 2.45) is 0 Å². The zero-order valence-corrected chi connectivity index (χ0v) is 17.3. The predicted octanol–water partition coefficient (Wildman–Crippen LogP) is 2.83. The Bertz CT molecular complexity index is 921. The zero-order chi connectivity index (χ0) is 22.2. The van der Waals surface area contributed by atoms with Crippen molar-refractivity contribution in [1.82, 2.24) is 10.2 Å². The van der Waals surface area contributed by atoms with Crippen molar-refractivity contribution >= 4 is 18.0 Å². The van der Waals surface area contributed by atoms with E-state index in [0.29, 0.717) is 19.4 Å². The SMILES string of the molecule is COC(=O)[C@@H](Cc1ccccc1F)NC(=O)[C@H]1CCCN1C(=O)OCc1ccccc1. The summed E-state index contributed by atoms with van der Waals surface area (Å²) in [4.78, 5) is 39.0. The molecule has 2 atom stereocenters. The number of nitrogens with zero attached hydrogens (tertiary/aromatic N) is 1. The van der Waals surface area contributed by atoms with Crippen LogP contribution in [0.1, 0.15) is 24.0 Å². The average molecular weight is 428 g/mol. The van der Waals surface area contributed by atoms with E-state index in [1.54, 1.807) is 18.2 Å². The van der Waals surface area contributed by atoms with Crippen LogP contribution in [0.3, 0.4) is 0 Å². The molecule has 1 aliphatic heterocycles. The molecule has 3 rings (SSSR count). The Balaban J connectivity index is 1.63. The van der Waals surface area contributed by atoms with E-state index in [4.69, 9.17) is 9.47 Å². The maximum absolute atomic E-state index is 14.0. The molecule has 1 aliphatic rings. The summed E-state index contributed by atoms with van der Waals surface area (Å²) >= 11 is 0. The standard InChI is InChI=1S/C23H25FN2O5/c1-30-22(28)19(14-17-10-5-6-11-18(17)24)25-21(27)20-12-7-13-26(20)23(29)31-15-16-8-3-2-4-9-16/h2-6,8-11,19-20H,7,12-15H2,1H3,(H,25,27)/t19-,20-/m1/s1. The summed E-state index contributed by atoms with van der Waals surface area (Å²) in [7, 11) is 1.20. The van der Waals surface area contributed by atoms with Crippen molar-refractivity contribution in [3.05, 3.63) is 71.5 Å². The summed E-state index contributed by atoms with van der Waals surface area (Å²) in [6.45, 7) is 0.477. The Morgan fingerprint density at radius 2 is 1.84 bits per heavy atom. The number of esters is 1. The molecule has 0 radical (unpaired) electrons. The molecule has 0 aromatic heterocycles. The summed E-state index contributed by atoms with van der Waals surface area (Å²) in [6, 6.07) is 13.4. The molecule has 2 aromatic rings. The van der Waals surface area contributed by atoms with Crippen molar-refractivity contribution < 1.29 is 28.2 Å². The fourth-order valence-electron chi connectivity index (χ4n) is 3.55. The number of nitrogens with one attached hydrogen (secondary N) is 1. The molecule has 1 heterocycles. The van der Waals surface area contributed by atoms with E-state index in [0.717, 1.165) is 5.56 Å². The van der Waals surface area contributed by atoms with E-state index in [9.17, 15) is 18.8 Å². The number of carbonyl (C=O) groups excluding carboxylic acids is 3. The van der Waals surface area contributed by atoms with Crippen LogP contribution >= 0.6 is 0 Å². The van der Waals surface area contributed by atoms with Gasteiger partial charge in [-0.25, -0.2) is 14.0 Å². The summed E-state index contributed by atoms with van der Waals surface area (Å²) in [5.74, 6) is -1.66. The molecule has 0 saturated carbocycles. The van der Waals surface area contributed by atoms with Crippen molar-refractivity contribution in [3.63, 3.8) is 0 Å². The largest absolute Gasteiger partial charge is 0.467 e. The third-order valence-corrected chi connectivity index (χ3v) is 5.18. The van der Waals surface area contributed by atoms with Gasteiger partial charge in [0.15, 0.2) is 0 Å². The van der Waals surface area contributed by atoms with Gasteiger partial charge in [-0.3, -0.25) is 9.69 Å². The predicted molar refractivity (Wildman–Crippen MR) is 110 cm³/mol. The highest BCUT2D eigenvalue weighted by Crippen LogP contribution is 2.20. The number of rotatable bonds is 7. The van der Waals surface area contributed by atoms with Crippen LogP contribution in [0.2, 0.25) is 0 Å². The van der Waals surface area contributed by atoms with Gasteiger partial charge in [-0.15, -0.1) is 0 Å². The van der Waals surface area contributed by atoms with Gasteiger partial charge in [-0.05, 0) is 30.0 Å². The monoisotopic (exact) mass is 428 g/mol. The first-order valence-corrected chi connectivity index (χ1v) is 10.1. The minimum atomic E-state index is -1.07. The number of methoxy groups -OCH3 is 1. The van der Waals surface area contributed by atoms with E-state index in [1.807, 2.05) is 30.3 Å². The van der Waals surface area contributed by atoms with E-state index >= 15 is 0 Å². The quantitative estimate of drug-likeness (QED) is 0.686. The van der Waals surface area contributed by atoms with Crippen LogP contribution in [0.25, 0.3) is 0 Å². The van der Waals surface area contributed by atoms with Gasteiger partial charge in [0, 0.05) is 13.0 Å². The molecule has 8 heteroatoms. The first-order valence-electron chi connectivity index (χ1n) is 10.1. The fraction of sp³-hybridized carbons (Fsp3) is 0.348. The number of halogens is 1. The Labute approximate surface area is 180 Å². The van der Waals surface area contributed by atoms with Gasteiger partial charge >= 0.3 is 12.1 Å². The van der Waals surface area contributed by atoms with Gasteiger partial charge in [0.2, 0.25) is 5.91 Å². The molecule has 0 unspecified atom stereocenters. The molecule has 0 bridgehead atoms.